The van der Waals surface area contributed by atoms with Crippen molar-refractivity contribution >= 4 is 21.6 Å². The predicted octanol–water partition coefficient (Wildman–Crippen LogP) is 4.48. The molecule has 1 atom stereocenters. The summed E-state index contributed by atoms with van der Waals surface area (Å²) in [5.41, 5.74) is 1.36. The highest BCUT2D eigenvalue weighted by Crippen LogP contribution is 2.31. The van der Waals surface area contributed by atoms with Gasteiger partial charge in [0.05, 0.1) is 17.6 Å². The van der Waals surface area contributed by atoms with Crippen molar-refractivity contribution in [2.45, 2.75) is 13.0 Å². The largest absolute Gasteiger partial charge is 0.507 e. The summed E-state index contributed by atoms with van der Waals surface area (Å²) in [4.78, 5) is 0. The van der Waals surface area contributed by atoms with Crippen molar-refractivity contribution < 1.29 is 14.2 Å². The van der Waals surface area contributed by atoms with Crippen LogP contribution in [0.3, 0.4) is 0 Å². The van der Waals surface area contributed by atoms with Crippen LogP contribution in [0.2, 0.25) is 0 Å². The minimum absolute atomic E-state index is 0.141. The first-order chi connectivity index (χ1) is 9.51. The van der Waals surface area contributed by atoms with Crippen LogP contribution in [0.1, 0.15) is 18.5 Å². The highest BCUT2D eigenvalue weighted by molar-refractivity contribution is 9.10. The number of hydrogen-bond acceptors (Lipinski definition) is 3. The van der Waals surface area contributed by atoms with E-state index < -0.39 is 0 Å². The topological polar surface area (TPSA) is 41.5 Å². The molecule has 5 heteroatoms. The molecule has 0 aromatic heterocycles. The molecule has 3 nitrogen and oxygen atoms in total. The summed E-state index contributed by atoms with van der Waals surface area (Å²) in [5, 5.41) is 13.1. The molecule has 0 spiro atoms. The van der Waals surface area contributed by atoms with Gasteiger partial charge in [-0.2, -0.15) is 0 Å². The predicted molar refractivity (Wildman–Crippen MR) is 80.8 cm³/mol. The lowest BCUT2D eigenvalue weighted by atomic mass is 10.1. The molecule has 2 aromatic rings. The van der Waals surface area contributed by atoms with Gasteiger partial charge in [-0.25, -0.2) is 4.39 Å². The van der Waals surface area contributed by atoms with Gasteiger partial charge in [0.1, 0.15) is 17.3 Å². The Morgan fingerprint density at radius 3 is 2.60 bits per heavy atom. The van der Waals surface area contributed by atoms with Crippen LogP contribution in [-0.4, -0.2) is 12.2 Å². The number of hydrogen-bond donors (Lipinski definition) is 2. The Morgan fingerprint density at radius 1 is 1.25 bits per heavy atom. The van der Waals surface area contributed by atoms with Crippen LogP contribution in [0.25, 0.3) is 0 Å². The number of ether oxygens (including phenoxy) is 1. The molecule has 0 saturated carbocycles. The Balaban J connectivity index is 2.19. The molecule has 0 heterocycles. The number of anilines is 1. The molecular formula is C15H15BrFNO2. The molecule has 106 valence electrons. The van der Waals surface area contributed by atoms with Gasteiger partial charge in [0.2, 0.25) is 0 Å². The van der Waals surface area contributed by atoms with E-state index in [1.807, 2.05) is 6.92 Å². The number of rotatable bonds is 4. The van der Waals surface area contributed by atoms with Crippen LogP contribution in [0.15, 0.2) is 40.9 Å². The summed E-state index contributed by atoms with van der Waals surface area (Å²) in [6.45, 7) is 1.89. The normalized spacial score (nSPS) is 12.0. The molecule has 2 N–H and O–H groups in total. The zero-order valence-electron chi connectivity index (χ0n) is 11.2. The van der Waals surface area contributed by atoms with Crippen LogP contribution in [0, 0.1) is 5.82 Å². The molecule has 2 aromatic carbocycles. The molecule has 20 heavy (non-hydrogen) atoms. The Morgan fingerprint density at radius 2 is 2.00 bits per heavy atom. The Kier molecular flexibility index (Phi) is 4.49. The summed E-state index contributed by atoms with van der Waals surface area (Å²) < 4.78 is 18.9. The van der Waals surface area contributed by atoms with Crippen LogP contribution in [-0.2, 0) is 0 Å². The molecule has 0 radical (unpaired) electrons. The zero-order chi connectivity index (χ0) is 14.7. The van der Waals surface area contributed by atoms with E-state index in [1.54, 1.807) is 37.4 Å². The highest BCUT2D eigenvalue weighted by atomic mass is 79.9. The number of phenolic OH excluding ortho intramolecular Hbond substituents is 1. The number of phenols is 1. The van der Waals surface area contributed by atoms with E-state index in [2.05, 4.69) is 21.2 Å². The number of halogens is 2. The third-order valence-electron chi connectivity index (χ3n) is 3.01. The van der Waals surface area contributed by atoms with Crippen LogP contribution in [0.4, 0.5) is 10.1 Å². The first-order valence-corrected chi connectivity index (χ1v) is 6.89. The molecule has 1 unspecified atom stereocenters. The van der Waals surface area contributed by atoms with Crippen molar-refractivity contribution in [1.82, 2.24) is 0 Å². The smallest absolute Gasteiger partial charge is 0.139 e. The Labute approximate surface area is 125 Å². The third-order valence-corrected chi connectivity index (χ3v) is 3.65. The third kappa shape index (κ3) is 3.22. The van der Waals surface area contributed by atoms with Gasteiger partial charge in [-0.3, -0.25) is 0 Å². The van der Waals surface area contributed by atoms with Crippen molar-refractivity contribution in [1.29, 1.82) is 0 Å². The minimum atomic E-state index is -0.332. The molecule has 0 aliphatic carbocycles. The van der Waals surface area contributed by atoms with Gasteiger partial charge in [0.15, 0.2) is 0 Å². The zero-order valence-corrected chi connectivity index (χ0v) is 12.7. The van der Waals surface area contributed by atoms with Crippen molar-refractivity contribution in [2.24, 2.45) is 0 Å². The lowest BCUT2D eigenvalue weighted by Crippen LogP contribution is -2.07. The van der Waals surface area contributed by atoms with E-state index >= 15 is 0 Å². The van der Waals surface area contributed by atoms with Crippen molar-refractivity contribution in [2.75, 3.05) is 12.4 Å². The van der Waals surface area contributed by atoms with Gasteiger partial charge in [-0.05, 0) is 53.2 Å². The molecule has 0 saturated heterocycles. The monoisotopic (exact) mass is 339 g/mol. The maximum Gasteiger partial charge on any atom is 0.139 e. The lowest BCUT2D eigenvalue weighted by molar-refractivity contribution is 0.406. The first-order valence-electron chi connectivity index (χ1n) is 6.09. The van der Waals surface area contributed by atoms with Crippen LogP contribution >= 0.6 is 15.9 Å². The number of aromatic hydroxyl groups is 1. The van der Waals surface area contributed by atoms with E-state index in [-0.39, 0.29) is 17.6 Å². The summed E-state index contributed by atoms with van der Waals surface area (Å²) in [6.07, 6.45) is 0. The molecule has 2 rings (SSSR count). The van der Waals surface area contributed by atoms with Gasteiger partial charge in [0, 0.05) is 17.3 Å². The van der Waals surface area contributed by atoms with E-state index in [0.717, 1.165) is 0 Å². The van der Waals surface area contributed by atoms with Crippen molar-refractivity contribution in [3.63, 3.8) is 0 Å². The summed E-state index contributed by atoms with van der Waals surface area (Å²) in [6, 6.07) is 9.75. The second kappa shape index (κ2) is 6.13. The van der Waals surface area contributed by atoms with E-state index in [0.29, 0.717) is 21.5 Å². The summed E-state index contributed by atoms with van der Waals surface area (Å²) in [7, 11) is 1.54. The van der Waals surface area contributed by atoms with Crippen molar-refractivity contribution in [3.8, 4) is 11.5 Å². The van der Waals surface area contributed by atoms with Crippen molar-refractivity contribution in [3.05, 3.63) is 52.3 Å². The van der Waals surface area contributed by atoms with E-state index in [9.17, 15) is 9.50 Å². The maximum atomic E-state index is 13.5. The standard InChI is InChI=1S/C15H15BrFNO2/c1-9(12-5-4-11(20-2)8-15(12)19)18-10-3-6-13(16)14(17)7-10/h3-9,18-19H,1-2H3. The maximum absolute atomic E-state index is 13.5. The molecular weight excluding hydrogens is 325 g/mol. The number of nitrogens with one attached hydrogen (secondary N) is 1. The van der Waals surface area contributed by atoms with Gasteiger partial charge in [-0.1, -0.05) is 0 Å². The van der Waals surface area contributed by atoms with Gasteiger partial charge < -0.3 is 15.2 Å². The summed E-state index contributed by atoms with van der Waals surface area (Å²) >= 11 is 3.11. The minimum Gasteiger partial charge on any atom is -0.507 e. The molecule has 0 amide bonds. The van der Waals surface area contributed by atoms with Gasteiger partial charge >= 0.3 is 0 Å². The van der Waals surface area contributed by atoms with E-state index in [4.69, 9.17) is 4.74 Å². The van der Waals surface area contributed by atoms with Gasteiger partial charge in [0.25, 0.3) is 0 Å². The average molecular weight is 340 g/mol. The molecule has 0 aliphatic rings. The number of benzene rings is 2. The Bertz CT molecular complexity index is 619. The fourth-order valence-electron chi connectivity index (χ4n) is 1.93. The average Bonchev–Trinajstić information content (AvgIpc) is 2.42. The molecule has 0 bridgehead atoms. The summed E-state index contributed by atoms with van der Waals surface area (Å²) in [5.74, 6) is 0.399. The SMILES string of the molecule is COc1ccc(C(C)Nc2ccc(Br)c(F)c2)c(O)c1. The highest BCUT2D eigenvalue weighted by Gasteiger charge is 2.12. The van der Waals surface area contributed by atoms with Crippen LogP contribution < -0.4 is 10.1 Å². The van der Waals surface area contributed by atoms with Crippen LogP contribution in [0.5, 0.6) is 11.5 Å². The van der Waals surface area contributed by atoms with E-state index in [1.165, 1.54) is 6.07 Å². The molecule has 0 aliphatic heterocycles. The van der Waals surface area contributed by atoms with Gasteiger partial charge in [-0.15, -0.1) is 0 Å². The fourth-order valence-corrected chi connectivity index (χ4v) is 2.18. The fraction of sp³-hybridized carbons (Fsp3) is 0.200. The first kappa shape index (κ1) is 14.7. The number of methoxy groups -OCH3 is 1. The quantitative estimate of drug-likeness (QED) is 0.863. The second-order valence-electron chi connectivity index (χ2n) is 4.42. The second-order valence-corrected chi connectivity index (χ2v) is 5.27. The Hall–Kier alpha value is -1.75. The lowest BCUT2D eigenvalue weighted by Gasteiger charge is -2.17. The molecule has 0 fully saturated rings.